The zero-order valence-corrected chi connectivity index (χ0v) is 22.2. The molecule has 0 bridgehead atoms. The monoisotopic (exact) mass is 507 g/mol. The lowest BCUT2D eigenvalue weighted by Gasteiger charge is -2.60. The van der Waals surface area contributed by atoms with E-state index in [1.165, 1.54) is 5.57 Å². The van der Waals surface area contributed by atoms with Crippen LogP contribution in [0, 0.1) is 28.6 Å². The van der Waals surface area contributed by atoms with Gasteiger partial charge in [0, 0.05) is 44.2 Å². The number of hydrogen-bond acceptors (Lipinski definition) is 7. The highest BCUT2D eigenvalue weighted by Crippen LogP contribution is 2.67. The Labute approximate surface area is 219 Å². The lowest BCUT2D eigenvalue weighted by atomic mass is 9.45. The van der Waals surface area contributed by atoms with Crippen molar-refractivity contribution in [3.8, 4) is 0 Å². The molecule has 5 aliphatic rings. The molecule has 1 aliphatic heterocycles. The van der Waals surface area contributed by atoms with E-state index >= 15 is 0 Å². The van der Waals surface area contributed by atoms with E-state index in [-0.39, 0.29) is 41.3 Å². The molecule has 6 rings (SSSR count). The van der Waals surface area contributed by atoms with Crippen LogP contribution in [0.4, 0.5) is 5.82 Å². The van der Waals surface area contributed by atoms with Crippen LogP contribution in [0.25, 0.3) is 0 Å². The molecule has 2 heterocycles. The summed E-state index contributed by atoms with van der Waals surface area (Å²) in [6, 6.07) is 5.92. The third-order valence-corrected chi connectivity index (χ3v) is 11.2. The van der Waals surface area contributed by atoms with E-state index in [2.05, 4.69) is 28.6 Å². The first-order chi connectivity index (χ1) is 17.7. The first-order valence-corrected chi connectivity index (χ1v) is 14.2. The molecule has 7 heteroatoms. The number of allylic oxidation sites excluding steroid dienone is 1. The molecule has 0 spiro atoms. The highest BCUT2D eigenvalue weighted by atomic mass is 16.3. The Morgan fingerprint density at radius 3 is 2.62 bits per heavy atom. The SMILES string of the molecule is C[C@]12CCC(=O)C=C1CC[C@@H]1[C@@H]2C(O)C[C@@]2(C)[C@H]1CC[C@]2(O)C(=O)CN1CCN(c2ccccn2)CC1. The summed E-state index contributed by atoms with van der Waals surface area (Å²) in [5, 5.41) is 23.7. The number of aliphatic hydroxyl groups excluding tert-OH is 1. The van der Waals surface area contributed by atoms with Gasteiger partial charge < -0.3 is 15.1 Å². The van der Waals surface area contributed by atoms with Crippen molar-refractivity contribution in [3.05, 3.63) is 36.0 Å². The van der Waals surface area contributed by atoms with Crippen molar-refractivity contribution in [1.82, 2.24) is 9.88 Å². The van der Waals surface area contributed by atoms with Crippen LogP contribution in [-0.2, 0) is 9.59 Å². The van der Waals surface area contributed by atoms with Gasteiger partial charge in [0.05, 0.1) is 12.6 Å². The van der Waals surface area contributed by atoms with Gasteiger partial charge in [-0.3, -0.25) is 14.5 Å². The van der Waals surface area contributed by atoms with Gasteiger partial charge in [-0.05, 0) is 79.9 Å². The maximum atomic E-state index is 13.8. The van der Waals surface area contributed by atoms with Crippen LogP contribution in [0.3, 0.4) is 0 Å². The number of piperazine rings is 1. The molecule has 7 atom stereocenters. The molecule has 7 nitrogen and oxygen atoms in total. The molecular formula is C30H41N3O4. The molecule has 0 radical (unpaired) electrons. The average Bonchev–Trinajstić information content (AvgIpc) is 3.16. The lowest BCUT2D eigenvalue weighted by molar-refractivity contribution is -0.181. The van der Waals surface area contributed by atoms with Crippen LogP contribution in [0.1, 0.15) is 58.8 Å². The summed E-state index contributed by atoms with van der Waals surface area (Å²) in [4.78, 5) is 34.8. The third kappa shape index (κ3) is 3.83. The van der Waals surface area contributed by atoms with E-state index in [0.29, 0.717) is 19.3 Å². The molecule has 2 N–H and O–H groups in total. The maximum absolute atomic E-state index is 13.8. The second-order valence-electron chi connectivity index (χ2n) is 12.9. The molecule has 1 unspecified atom stereocenters. The quantitative estimate of drug-likeness (QED) is 0.647. The molecule has 4 aliphatic carbocycles. The Balaban J connectivity index is 1.17. The van der Waals surface area contributed by atoms with Crippen LogP contribution in [0.15, 0.2) is 36.0 Å². The number of carbonyl (C=O) groups excluding carboxylic acids is 2. The molecule has 1 aromatic rings. The molecule has 4 fully saturated rings. The predicted molar refractivity (Wildman–Crippen MR) is 141 cm³/mol. The van der Waals surface area contributed by atoms with Gasteiger partial charge in [0.25, 0.3) is 0 Å². The first kappa shape index (κ1) is 25.2. The van der Waals surface area contributed by atoms with E-state index in [1.807, 2.05) is 24.3 Å². The second-order valence-corrected chi connectivity index (χ2v) is 12.9. The van der Waals surface area contributed by atoms with Crippen molar-refractivity contribution < 1.29 is 19.8 Å². The van der Waals surface area contributed by atoms with Gasteiger partial charge in [0.2, 0.25) is 0 Å². The summed E-state index contributed by atoms with van der Waals surface area (Å²) in [6.45, 7) is 7.70. The second kappa shape index (κ2) is 8.99. The number of anilines is 1. The zero-order chi connectivity index (χ0) is 26.0. The maximum Gasteiger partial charge on any atom is 0.178 e. The number of Topliss-reactive ketones (excluding diaryl/α,β-unsaturated/α-hetero) is 1. The largest absolute Gasteiger partial charge is 0.393 e. The Hall–Kier alpha value is -2.09. The summed E-state index contributed by atoms with van der Waals surface area (Å²) in [5.41, 5.74) is -0.971. The van der Waals surface area contributed by atoms with Crippen LogP contribution in [0.2, 0.25) is 0 Å². The molecule has 3 saturated carbocycles. The van der Waals surface area contributed by atoms with Crippen molar-refractivity contribution >= 4 is 17.4 Å². The van der Waals surface area contributed by atoms with Crippen LogP contribution in [-0.4, -0.2) is 76.1 Å². The van der Waals surface area contributed by atoms with E-state index in [4.69, 9.17) is 0 Å². The molecule has 0 aromatic carbocycles. The van der Waals surface area contributed by atoms with Gasteiger partial charge in [-0.2, -0.15) is 0 Å². The van der Waals surface area contributed by atoms with Crippen molar-refractivity contribution in [2.45, 2.75) is 70.5 Å². The van der Waals surface area contributed by atoms with Crippen molar-refractivity contribution in [1.29, 1.82) is 0 Å². The molecule has 1 aromatic heterocycles. The number of ketones is 2. The summed E-state index contributed by atoms with van der Waals surface area (Å²) >= 11 is 0. The molecule has 1 saturated heterocycles. The highest BCUT2D eigenvalue weighted by molar-refractivity contribution is 5.92. The number of pyridine rings is 1. The smallest absolute Gasteiger partial charge is 0.178 e. The number of fused-ring (bicyclic) bond motifs is 5. The van der Waals surface area contributed by atoms with Crippen molar-refractivity contribution in [2.24, 2.45) is 28.6 Å². The zero-order valence-electron chi connectivity index (χ0n) is 22.2. The fourth-order valence-corrected chi connectivity index (χ4v) is 9.16. The predicted octanol–water partition coefficient (Wildman–Crippen LogP) is 3.01. The Morgan fingerprint density at radius 2 is 1.89 bits per heavy atom. The topological polar surface area (TPSA) is 94.0 Å². The average molecular weight is 508 g/mol. The lowest BCUT2D eigenvalue weighted by Crippen LogP contribution is -2.63. The molecule has 0 amide bonds. The van der Waals surface area contributed by atoms with Gasteiger partial charge in [0.15, 0.2) is 11.6 Å². The van der Waals surface area contributed by atoms with Crippen molar-refractivity contribution in [3.63, 3.8) is 0 Å². The molecule has 200 valence electrons. The van der Waals surface area contributed by atoms with Crippen molar-refractivity contribution in [2.75, 3.05) is 37.6 Å². The minimum Gasteiger partial charge on any atom is -0.393 e. The van der Waals surface area contributed by atoms with E-state index in [1.54, 1.807) is 6.20 Å². The van der Waals surface area contributed by atoms with Crippen LogP contribution < -0.4 is 4.90 Å². The Morgan fingerprint density at radius 1 is 1.11 bits per heavy atom. The number of aliphatic hydroxyl groups is 2. The molecule has 37 heavy (non-hydrogen) atoms. The number of hydrogen-bond donors (Lipinski definition) is 2. The first-order valence-electron chi connectivity index (χ1n) is 14.2. The van der Waals surface area contributed by atoms with E-state index in [0.717, 1.165) is 57.7 Å². The van der Waals surface area contributed by atoms with Gasteiger partial charge in [-0.15, -0.1) is 0 Å². The van der Waals surface area contributed by atoms with Gasteiger partial charge in [0.1, 0.15) is 11.4 Å². The van der Waals surface area contributed by atoms with Crippen LogP contribution >= 0.6 is 0 Å². The highest BCUT2D eigenvalue weighted by Gasteiger charge is 2.68. The van der Waals surface area contributed by atoms with Crippen LogP contribution in [0.5, 0.6) is 0 Å². The molecular weight excluding hydrogens is 466 g/mol. The summed E-state index contributed by atoms with van der Waals surface area (Å²) < 4.78 is 0. The number of aromatic nitrogens is 1. The summed E-state index contributed by atoms with van der Waals surface area (Å²) in [5.74, 6) is 1.67. The Kier molecular flexibility index (Phi) is 6.12. The number of carbonyl (C=O) groups is 2. The van der Waals surface area contributed by atoms with Gasteiger partial charge in [-0.1, -0.05) is 25.5 Å². The van der Waals surface area contributed by atoms with Gasteiger partial charge >= 0.3 is 0 Å². The standard InChI is InChI=1S/C30H41N3O4/c1-28-10-8-21(34)17-20(28)6-7-22-23-9-11-30(37,29(23,2)18-24(35)27(22)28)25(36)19-32-13-15-33(16-14-32)26-5-3-4-12-31-26/h3-5,12,17,22-24,27,35,37H,6-11,13-16,18-19H2,1-2H3/t22-,23-,24?,27+,28-,29-,30-/m0/s1. The Bertz CT molecular complexity index is 1100. The summed E-state index contributed by atoms with van der Waals surface area (Å²) in [6.07, 6.45) is 8.00. The number of nitrogens with zero attached hydrogens (tertiary/aromatic N) is 3. The minimum absolute atomic E-state index is 0.0831. The number of rotatable bonds is 4. The fraction of sp³-hybridized carbons (Fsp3) is 0.700. The minimum atomic E-state index is -1.40. The fourth-order valence-electron chi connectivity index (χ4n) is 9.16. The normalized spacial score (nSPS) is 42.0. The van der Waals surface area contributed by atoms with Gasteiger partial charge in [-0.25, -0.2) is 4.98 Å². The summed E-state index contributed by atoms with van der Waals surface area (Å²) in [7, 11) is 0. The van der Waals surface area contributed by atoms with E-state index in [9.17, 15) is 19.8 Å². The van der Waals surface area contributed by atoms with E-state index < -0.39 is 17.1 Å². The third-order valence-electron chi connectivity index (χ3n) is 11.2.